The van der Waals surface area contributed by atoms with Gasteiger partial charge in [0.2, 0.25) is 0 Å². The van der Waals surface area contributed by atoms with E-state index in [2.05, 4.69) is 6.92 Å². The van der Waals surface area contributed by atoms with Crippen molar-refractivity contribution in [3.8, 4) is 5.75 Å². The second-order valence-electron chi connectivity index (χ2n) is 7.64. The highest BCUT2D eigenvalue weighted by atomic mass is 16.5. The van der Waals surface area contributed by atoms with Crippen LogP contribution in [-0.4, -0.2) is 17.8 Å². The summed E-state index contributed by atoms with van der Waals surface area (Å²) in [6.07, 6.45) is 19.0. The zero-order valence-corrected chi connectivity index (χ0v) is 17.1. The van der Waals surface area contributed by atoms with Gasteiger partial charge in [0.05, 0.1) is 12.7 Å². The summed E-state index contributed by atoms with van der Waals surface area (Å²) in [5.74, 6) is 0.919. The van der Waals surface area contributed by atoms with E-state index in [-0.39, 0.29) is 6.10 Å². The molecule has 2 nitrogen and oxygen atoms in total. The summed E-state index contributed by atoms with van der Waals surface area (Å²) in [7, 11) is 0. The van der Waals surface area contributed by atoms with E-state index in [0.717, 1.165) is 31.4 Å². The molecule has 1 atom stereocenters. The zero-order valence-electron chi connectivity index (χ0n) is 17.1. The molecule has 2 heteroatoms. The van der Waals surface area contributed by atoms with Crippen LogP contribution in [0.3, 0.4) is 0 Å². The third kappa shape index (κ3) is 14.2. The van der Waals surface area contributed by atoms with E-state index in [1.165, 1.54) is 70.6 Å². The number of ether oxygens (including phenoxy) is 1. The summed E-state index contributed by atoms with van der Waals surface area (Å²) in [6.45, 7) is 2.97. The van der Waals surface area contributed by atoms with Gasteiger partial charge in [0.15, 0.2) is 0 Å². The first kappa shape index (κ1) is 23.0. The quantitative estimate of drug-likeness (QED) is 0.278. The van der Waals surface area contributed by atoms with Gasteiger partial charge in [-0.05, 0) is 31.4 Å². The molecule has 1 N–H and O–H groups in total. The van der Waals surface area contributed by atoms with Gasteiger partial charge in [0.1, 0.15) is 5.75 Å². The molecule has 0 bridgehead atoms. The monoisotopic (exact) mass is 362 g/mol. The number of unbranched alkanes of at least 4 members (excludes halogenated alkanes) is 11. The molecule has 0 saturated carbocycles. The van der Waals surface area contributed by atoms with Gasteiger partial charge in [-0.1, -0.05) is 102 Å². The van der Waals surface area contributed by atoms with E-state index in [0.29, 0.717) is 6.61 Å². The fraction of sp³-hybridized carbons (Fsp3) is 0.750. The van der Waals surface area contributed by atoms with Crippen LogP contribution in [-0.2, 0) is 0 Å². The van der Waals surface area contributed by atoms with E-state index in [1.54, 1.807) is 0 Å². The van der Waals surface area contributed by atoms with E-state index < -0.39 is 0 Å². The molecule has 0 aromatic heterocycles. The summed E-state index contributed by atoms with van der Waals surface area (Å²) in [6, 6.07) is 9.91. The van der Waals surface area contributed by atoms with Gasteiger partial charge in [-0.25, -0.2) is 0 Å². The Morgan fingerprint density at radius 1 is 0.692 bits per heavy atom. The standard InChI is InChI=1S/C24H42O2/c1-2-3-4-5-6-7-8-9-10-11-12-14-18-23(25)19-17-22-26-24-20-15-13-16-21-24/h13,15-16,20-21,23,25H,2-12,14,17-19,22H2,1H3. The Bertz CT molecular complexity index is 390. The van der Waals surface area contributed by atoms with Gasteiger partial charge in [-0.2, -0.15) is 0 Å². The summed E-state index contributed by atoms with van der Waals surface area (Å²) in [5, 5.41) is 10.1. The van der Waals surface area contributed by atoms with Crippen molar-refractivity contribution in [1.29, 1.82) is 0 Å². The van der Waals surface area contributed by atoms with Crippen LogP contribution in [0.15, 0.2) is 30.3 Å². The van der Waals surface area contributed by atoms with E-state index in [9.17, 15) is 5.11 Å². The van der Waals surface area contributed by atoms with Crippen LogP contribution >= 0.6 is 0 Å². The molecule has 0 fully saturated rings. The van der Waals surface area contributed by atoms with Crippen LogP contribution in [0.1, 0.15) is 103 Å². The fourth-order valence-corrected chi connectivity index (χ4v) is 3.39. The maximum absolute atomic E-state index is 10.1. The lowest BCUT2D eigenvalue weighted by Gasteiger charge is -2.11. The molecular weight excluding hydrogens is 320 g/mol. The molecule has 0 radical (unpaired) electrons. The van der Waals surface area contributed by atoms with Crippen molar-refractivity contribution < 1.29 is 9.84 Å². The summed E-state index contributed by atoms with van der Waals surface area (Å²) in [5.41, 5.74) is 0. The third-order valence-corrected chi connectivity index (χ3v) is 5.08. The lowest BCUT2D eigenvalue weighted by Crippen LogP contribution is -2.09. The molecule has 26 heavy (non-hydrogen) atoms. The average Bonchev–Trinajstić information content (AvgIpc) is 2.67. The van der Waals surface area contributed by atoms with Crippen LogP contribution < -0.4 is 4.74 Å². The minimum absolute atomic E-state index is 0.155. The Morgan fingerprint density at radius 2 is 1.19 bits per heavy atom. The van der Waals surface area contributed by atoms with Gasteiger partial charge in [-0.15, -0.1) is 0 Å². The molecule has 0 heterocycles. The lowest BCUT2D eigenvalue weighted by molar-refractivity contribution is 0.140. The summed E-state index contributed by atoms with van der Waals surface area (Å²) in [4.78, 5) is 0. The predicted octanol–water partition coefficient (Wildman–Crippen LogP) is 7.30. The number of aliphatic hydroxyl groups is 1. The van der Waals surface area contributed by atoms with Gasteiger partial charge in [0.25, 0.3) is 0 Å². The molecule has 0 aliphatic carbocycles. The normalized spacial score (nSPS) is 12.2. The summed E-state index contributed by atoms with van der Waals surface area (Å²) >= 11 is 0. The van der Waals surface area contributed by atoms with Gasteiger partial charge < -0.3 is 9.84 Å². The zero-order chi connectivity index (χ0) is 18.7. The fourth-order valence-electron chi connectivity index (χ4n) is 3.39. The van der Waals surface area contributed by atoms with Crippen molar-refractivity contribution in [3.63, 3.8) is 0 Å². The van der Waals surface area contributed by atoms with Crippen molar-refractivity contribution in [1.82, 2.24) is 0 Å². The smallest absolute Gasteiger partial charge is 0.119 e. The van der Waals surface area contributed by atoms with Crippen LogP contribution in [0.4, 0.5) is 0 Å². The minimum Gasteiger partial charge on any atom is -0.494 e. The molecule has 0 spiro atoms. The number of benzene rings is 1. The van der Waals surface area contributed by atoms with Crippen LogP contribution in [0.5, 0.6) is 5.75 Å². The number of rotatable bonds is 18. The topological polar surface area (TPSA) is 29.5 Å². The Balaban J connectivity index is 1.78. The first-order valence-corrected chi connectivity index (χ1v) is 11.2. The maximum Gasteiger partial charge on any atom is 0.119 e. The first-order chi connectivity index (χ1) is 12.8. The third-order valence-electron chi connectivity index (χ3n) is 5.08. The number of para-hydroxylation sites is 1. The number of hydrogen-bond donors (Lipinski definition) is 1. The molecule has 0 amide bonds. The maximum atomic E-state index is 10.1. The molecule has 1 rings (SSSR count). The van der Waals surface area contributed by atoms with Crippen LogP contribution in [0.25, 0.3) is 0 Å². The molecule has 0 aliphatic heterocycles. The van der Waals surface area contributed by atoms with Crippen molar-refractivity contribution in [2.45, 2.75) is 109 Å². The van der Waals surface area contributed by atoms with Crippen LogP contribution in [0.2, 0.25) is 0 Å². The number of hydrogen-bond acceptors (Lipinski definition) is 2. The molecule has 0 saturated heterocycles. The highest BCUT2D eigenvalue weighted by molar-refractivity contribution is 5.20. The Kier molecular flexibility index (Phi) is 15.4. The van der Waals surface area contributed by atoms with Crippen molar-refractivity contribution in [2.75, 3.05) is 6.61 Å². The highest BCUT2D eigenvalue weighted by Gasteiger charge is 2.04. The molecule has 1 unspecified atom stereocenters. The van der Waals surface area contributed by atoms with Gasteiger partial charge in [-0.3, -0.25) is 0 Å². The van der Waals surface area contributed by atoms with Gasteiger partial charge >= 0.3 is 0 Å². The Labute approximate surface area is 162 Å². The molecule has 0 aliphatic rings. The second kappa shape index (κ2) is 17.4. The Hall–Kier alpha value is -1.02. The Morgan fingerprint density at radius 3 is 1.77 bits per heavy atom. The predicted molar refractivity (Wildman–Crippen MR) is 113 cm³/mol. The second-order valence-corrected chi connectivity index (χ2v) is 7.64. The summed E-state index contributed by atoms with van der Waals surface area (Å²) < 4.78 is 5.66. The van der Waals surface area contributed by atoms with Crippen molar-refractivity contribution in [3.05, 3.63) is 30.3 Å². The molecule has 150 valence electrons. The van der Waals surface area contributed by atoms with Crippen molar-refractivity contribution in [2.24, 2.45) is 0 Å². The SMILES string of the molecule is CCCCCCCCCCCCCCC(O)CCCOc1ccccc1. The van der Waals surface area contributed by atoms with E-state index in [4.69, 9.17) is 4.74 Å². The number of aliphatic hydroxyl groups excluding tert-OH is 1. The lowest BCUT2D eigenvalue weighted by atomic mass is 10.0. The highest BCUT2D eigenvalue weighted by Crippen LogP contribution is 2.14. The van der Waals surface area contributed by atoms with Crippen LogP contribution in [0, 0.1) is 0 Å². The molecule has 1 aromatic carbocycles. The van der Waals surface area contributed by atoms with Crippen molar-refractivity contribution >= 4 is 0 Å². The van der Waals surface area contributed by atoms with Gasteiger partial charge in [0, 0.05) is 0 Å². The largest absolute Gasteiger partial charge is 0.494 e. The molecule has 1 aromatic rings. The van der Waals surface area contributed by atoms with E-state index in [1.807, 2.05) is 30.3 Å². The average molecular weight is 363 g/mol. The molecular formula is C24H42O2. The first-order valence-electron chi connectivity index (χ1n) is 11.2. The van der Waals surface area contributed by atoms with E-state index >= 15 is 0 Å². The minimum atomic E-state index is -0.155.